The van der Waals surface area contributed by atoms with Crippen molar-refractivity contribution in [3.8, 4) is 0 Å². The van der Waals surface area contributed by atoms with Crippen LogP contribution >= 0.6 is 0 Å². The second-order valence-corrected chi connectivity index (χ2v) is 1.48. The fourth-order valence-electron chi connectivity index (χ4n) is 0.537. The lowest BCUT2D eigenvalue weighted by atomic mass is 10.5. The zero-order valence-electron chi connectivity index (χ0n) is 4.18. The van der Waals surface area contributed by atoms with Crippen LogP contribution in [0.1, 0.15) is 0 Å². The quantitative estimate of drug-likeness (QED) is 0.370. The molecule has 0 aromatic carbocycles. The number of nitro groups is 1. The lowest BCUT2D eigenvalue weighted by molar-refractivity contribution is -0.425. The Labute approximate surface area is 46.3 Å². The molecule has 1 aliphatic heterocycles. The van der Waals surface area contributed by atoms with Gasteiger partial charge in [-0.25, -0.2) is 0 Å². The minimum atomic E-state index is -0.417. The predicted molar refractivity (Wildman–Crippen MR) is 26.6 cm³/mol. The molecule has 0 atom stereocenters. The fourth-order valence-corrected chi connectivity index (χ4v) is 0.537. The third-order valence-electron chi connectivity index (χ3n) is 0.930. The lowest BCUT2D eigenvalue weighted by Crippen LogP contribution is -2.11. The maximum atomic E-state index is 9.87. The van der Waals surface area contributed by atoms with Gasteiger partial charge in [-0.15, -0.1) is 0 Å². The van der Waals surface area contributed by atoms with Crippen LogP contribution in [-0.4, -0.2) is 18.0 Å². The van der Waals surface area contributed by atoms with E-state index in [0.29, 0.717) is 13.1 Å². The molecule has 0 saturated heterocycles. The average molecular weight is 113 g/mol. The van der Waals surface area contributed by atoms with Gasteiger partial charge < -0.3 is 5.32 Å². The molecule has 0 spiro atoms. The van der Waals surface area contributed by atoms with Gasteiger partial charge in [0, 0.05) is 6.54 Å². The molecule has 1 aliphatic rings. The second kappa shape index (κ2) is 1.92. The summed E-state index contributed by atoms with van der Waals surface area (Å²) in [5.74, 6) is 0. The van der Waals surface area contributed by atoms with Gasteiger partial charge in [0.2, 0.25) is 0 Å². The Morgan fingerprint density at radius 3 is 2.88 bits per heavy atom. The van der Waals surface area contributed by atoms with Crippen molar-refractivity contribution in [2.45, 2.75) is 0 Å². The molecule has 0 aliphatic carbocycles. The molecule has 0 fully saturated rings. The van der Waals surface area contributed by atoms with Crippen LogP contribution in [0.3, 0.4) is 0 Å². The Hall–Kier alpha value is -0.900. The zero-order valence-corrected chi connectivity index (χ0v) is 4.18. The van der Waals surface area contributed by atoms with Crippen LogP contribution in [0.5, 0.6) is 0 Å². The minimum Gasteiger partial charge on any atom is -0.303 e. The zero-order chi connectivity index (χ0) is 5.98. The molecule has 1 N–H and O–H groups in total. The van der Waals surface area contributed by atoms with E-state index in [4.69, 9.17) is 0 Å². The lowest BCUT2D eigenvalue weighted by Gasteiger charge is -1.85. The van der Waals surface area contributed by atoms with E-state index in [9.17, 15) is 10.1 Å². The molecule has 0 unspecified atom stereocenters. The van der Waals surface area contributed by atoms with E-state index in [2.05, 4.69) is 11.4 Å². The molecule has 4 nitrogen and oxygen atoms in total. The van der Waals surface area contributed by atoms with Crippen LogP contribution in [0.2, 0.25) is 0 Å². The topological polar surface area (TPSA) is 55.2 Å². The van der Waals surface area contributed by atoms with Gasteiger partial charge in [0.05, 0.1) is 17.5 Å². The van der Waals surface area contributed by atoms with Crippen LogP contribution in [0.25, 0.3) is 0 Å². The van der Waals surface area contributed by atoms with Gasteiger partial charge in [0.1, 0.15) is 0 Å². The Morgan fingerprint density at radius 1 is 1.88 bits per heavy atom. The molecule has 4 heteroatoms. The van der Waals surface area contributed by atoms with Crippen LogP contribution in [0.15, 0.2) is 5.70 Å². The first kappa shape index (κ1) is 5.24. The Kier molecular flexibility index (Phi) is 1.26. The smallest absolute Gasteiger partial charge is 0.264 e. The van der Waals surface area contributed by atoms with Crippen LogP contribution in [0.4, 0.5) is 0 Å². The highest BCUT2D eigenvalue weighted by molar-refractivity contribution is 4.95. The number of hydrogen-bond acceptors (Lipinski definition) is 3. The van der Waals surface area contributed by atoms with Crippen molar-refractivity contribution < 1.29 is 4.92 Å². The molecule has 0 bridgehead atoms. The number of hydrogen-bond donors (Lipinski definition) is 1. The highest BCUT2D eigenvalue weighted by Gasteiger charge is 2.13. The molecule has 1 heterocycles. The fraction of sp³-hybridized carbons (Fsp3) is 0.500. The third kappa shape index (κ3) is 0.840. The summed E-state index contributed by atoms with van der Waals surface area (Å²) in [6.45, 7) is 0.864. The monoisotopic (exact) mass is 113 g/mol. The van der Waals surface area contributed by atoms with Gasteiger partial charge in [-0.1, -0.05) is 0 Å². The largest absolute Gasteiger partial charge is 0.303 e. The number of rotatable bonds is 1. The summed E-state index contributed by atoms with van der Waals surface area (Å²) in [4.78, 5) is 9.45. The van der Waals surface area contributed by atoms with Gasteiger partial charge >= 0.3 is 0 Å². The maximum absolute atomic E-state index is 9.87. The molecule has 0 saturated carbocycles. The van der Waals surface area contributed by atoms with Gasteiger partial charge in [-0.3, -0.25) is 10.1 Å². The normalized spacial score (nSPS) is 18.2. The molecule has 1 radical (unpaired) electrons. The first-order chi connectivity index (χ1) is 3.80. The average Bonchev–Trinajstić information content (AvgIpc) is 2.12. The van der Waals surface area contributed by atoms with Gasteiger partial charge in [-0.05, 0) is 0 Å². The molecule has 0 aromatic rings. The predicted octanol–water partition coefficient (Wildman–Crippen LogP) is -0.447. The molecule has 0 aromatic heterocycles. The maximum Gasteiger partial charge on any atom is 0.264 e. The summed E-state index contributed by atoms with van der Waals surface area (Å²) in [6.07, 6.45) is 2.56. The van der Waals surface area contributed by atoms with E-state index in [0.717, 1.165) is 0 Å². The van der Waals surface area contributed by atoms with Crippen molar-refractivity contribution in [1.82, 2.24) is 5.32 Å². The van der Waals surface area contributed by atoms with E-state index < -0.39 is 4.92 Å². The van der Waals surface area contributed by atoms with Crippen molar-refractivity contribution in [3.63, 3.8) is 0 Å². The van der Waals surface area contributed by atoms with Gasteiger partial charge in [0.25, 0.3) is 5.70 Å². The number of nitrogens with zero attached hydrogens (tertiary/aromatic N) is 1. The number of nitrogens with one attached hydrogen (secondary N) is 1. The minimum absolute atomic E-state index is 0.157. The van der Waals surface area contributed by atoms with E-state index in [1.165, 1.54) is 0 Å². The van der Waals surface area contributed by atoms with Crippen LogP contribution < -0.4 is 5.32 Å². The summed E-state index contributed by atoms with van der Waals surface area (Å²) in [7, 11) is 0. The van der Waals surface area contributed by atoms with Gasteiger partial charge in [0.15, 0.2) is 0 Å². The molecular weight excluding hydrogens is 108 g/mol. The van der Waals surface area contributed by atoms with Crippen LogP contribution in [-0.2, 0) is 0 Å². The third-order valence-corrected chi connectivity index (χ3v) is 0.930. The second-order valence-electron chi connectivity index (χ2n) is 1.48. The summed E-state index contributed by atoms with van der Waals surface area (Å²) in [5, 5.41) is 12.6. The van der Waals surface area contributed by atoms with Crippen molar-refractivity contribution in [1.29, 1.82) is 0 Å². The Bertz CT molecular complexity index is 141. The first-order valence-corrected chi connectivity index (χ1v) is 2.25. The van der Waals surface area contributed by atoms with E-state index in [-0.39, 0.29) is 5.70 Å². The van der Waals surface area contributed by atoms with E-state index in [1.807, 2.05) is 0 Å². The summed E-state index contributed by atoms with van der Waals surface area (Å²) in [5.41, 5.74) is 0.157. The van der Waals surface area contributed by atoms with E-state index in [1.54, 1.807) is 0 Å². The van der Waals surface area contributed by atoms with Crippen molar-refractivity contribution in [3.05, 3.63) is 21.9 Å². The van der Waals surface area contributed by atoms with Crippen molar-refractivity contribution in [2.24, 2.45) is 0 Å². The SMILES string of the molecule is O=[N+]([O-])C1=[C]CNC1. The molecular formula is C4H5N2O2. The summed E-state index contributed by atoms with van der Waals surface area (Å²) in [6, 6.07) is 0. The standard InChI is InChI=1S/C4H5N2O2/c7-6(8)4-1-2-5-3-4/h5H,2-3H2. The van der Waals surface area contributed by atoms with Crippen molar-refractivity contribution in [2.75, 3.05) is 13.1 Å². The highest BCUT2D eigenvalue weighted by atomic mass is 16.6. The first-order valence-electron chi connectivity index (χ1n) is 2.25. The molecule has 8 heavy (non-hydrogen) atoms. The van der Waals surface area contributed by atoms with Crippen molar-refractivity contribution >= 4 is 0 Å². The highest BCUT2D eigenvalue weighted by Crippen LogP contribution is 1.95. The summed E-state index contributed by atoms with van der Waals surface area (Å²) >= 11 is 0. The Morgan fingerprint density at radius 2 is 2.62 bits per heavy atom. The van der Waals surface area contributed by atoms with Gasteiger partial charge in [-0.2, -0.15) is 0 Å². The molecule has 43 valence electrons. The van der Waals surface area contributed by atoms with E-state index >= 15 is 0 Å². The summed E-state index contributed by atoms with van der Waals surface area (Å²) < 4.78 is 0. The Balaban J connectivity index is 2.57. The molecule has 0 amide bonds. The molecule has 1 rings (SSSR count). The van der Waals surface area contributed by atoms with Crippen LogP contribution in [0, 0.1) is 16.2 Å².